The van der Waals surface area contributed by atoms with Crippen LogP contribution < -0.4 is 5.32 Å². The van der Waals surface area contributed by atoms with Crippen LogP contribution in [0, 0.1) is 17.8 Å². The van der Waals surface area contributed by atoms with Gasteiger partial charge in [0.05, 0.1) is 52.3 Å². The number of carbonyl (C=O) groups is 2. The largest absolute Gasteiger partial charge is 0.462 e. The number of esters is 1. The third-order valence-electron chi connectivity index (χ3n) is 11.4. The number of carbonyl (C=O) groups excluding carboxylic acids is 2. The normalized spacial score (nSPS) is 27.7. The number of nitrogens with one attached hydrogen (secondary N) is 1. The summed E-state index contributed by atoms with van der Waals surface area (Å²) in [5, 5.41) is 3.99. The molecule has 2 aromatic rings. The van der Waals surface area contributed by atoms with E-state index in [0.29, 0.717) is 46.1 Å². The van der Waals surface area contributed by atoms with Gasteiger partial charge in [-0.25, -0.2) is 4.79 Å². The Balaban J connectivity index is 1.03. The molecular weight excluding hydrogens is 656 g/mol. The lowest BCUT2D eigenvalue weighted by Gasteiger charge is -2.57. The minimum Gasteiger partial charge on any atom is -0.462 e. The van der Waals surface area contributed by atoms with Gasteiger partial charge in [0, 0.05) is 24.8 Å². The molecule has 1 N–H and O–H groups in total. The topological polar surface area (TPSA) is 95.6 Å². The second-order valence-corrected chi connectivity index (χ2v) is 15.1. The first-order valence-corrected chi connectivity index (χ1v) is 18.9. The van der Waals surface area contributed by atoms with Crippen LogP contribution in [0.2, 0.25) is 0 Å². The number of alkyl halides is 1. The summed E-state index contributed by atoms with van der Waals surface area (Å²) >= 11 is 6.25. The summed E-state index contributed by atoms with van der Waals surface area (Å²) in [6.07, 6.45) is 9.14. The first kappa shape index (κ1) is 35.5. The standard InChI is InChI=1S/C40H51ClN2O7/c1-46-10-11-47-12-13-48-14-15-49-16-17-50-39(45)36-22-34-33-5-3-2-4-31(33)21-35(34)38(43(36)37(44)26-41)30-6-8-32(9-7-30)42-40-23-27-18-28(24-40)20-29(19-27)25-40/h2-9,27-29,36,38,42H,10-26H2,1H3/t27?,28?,29?,36-,38+,40?/m1/s1. The predicted octanol–water partition coefficient (Wildman–Crippen LogP) is 6.20. The molecule has 6 aliphatic rings. The Hall–Kier alpha value is -2.95. The van der Waals surface area contributed by atoms with Crippen molar-refractivity contribution in [3.8, 4) is 0 Å². The lowest BCUT2D eigenvalue weighted by Crippen LogP contribution is -2.54. The van der Waals surface area contributed by atoms with E-state index in [0.717, 1.165) is 52.1 Å². The molecule has 4 fully saturated rings. The minimum absolute atomic E-state index is 0.0796. The van der Waals surface area contributed by atoms with Crippen LogP contribution in [0.5, 0.6) is 0 Å². The highest BCUT2D eigenvalue weighted by molar-refractivity contribution is 6.27. The fraction of sp³-hybridized carbons (Fsp3) is 0.600. The first-order valence-electron chi connectivity index (χ1n) is 18.4. The van der Waals surface area contributed by atoms with Crippen molar-refractivity contribution in [1.82, 2.24) is 4.90 Å². The molecule has 9 nitrogen and oxygen atoms in total. The summed E-state index contributed by atoms with van der Waals surface area (Å²) in [7, 11) is 1.64. The van der Waals surface area contributed by atoms with Gasteiger partial charge in [0.2, 0.25) is 5.91 Å². The van der Waals surface area contributed by atoms with Crippen molar-refractivity contribution in [2.24, 2.45) is 17.8 Å². The number of hydrogen-bond acceptors (Lipinski definition) is 8. The zero-order valence-electron chi connectivity index (χ0n) is 29.2. The van der Waals surface area contributed by atoms with Crippen LogP contribution in [0.1, 0.15) is 67.7 Å². The van der Waals surface area contributed by atoms with E-state index in [2.05, 4.69) is 41.7 Å². The van der Waals surface area contributed by atoms with Gasteiger partial charge in [0.1, 0.15) is 18.5 Å². The van der Waals surface area contributed by atoms with E-state index in [1.54, 1.807) is 12.0 Å². The van der Waals surface area contributed by atoms with Gasteiger partial charge >= 0.3 is 5.97 Å². The molecule has 5 aliphatic carbocycles. The molecule has 0 saturated heterocycles. The number of fused-ring (bicyclic) bond motifs is 2. The van der Waals surface area contributed by atoms with Crippen LogP contribution in [-0.4, -0.2) is 94.2 Å². The smallest absolute Gasteiger partial charge is 0.329 e. The number of amides is 1. The summed E-state index contributed by atoms with van der Waals surface area (Å²) in [6, 6.07) is 15.7. The average molecular weight is 707 g/mol. The maximum absolute atomic E-state index is 13.8. The van der Waals surface area contributed by atoms with Gasteiger partial charge < -0.3 is 33.9 Å². The van der Waals surface area contributed by atoms with Crippen LogP contribution >= 0.6 is 11.6 Å². The Morgan fingerprint density at radius 3 is 2.04 bits per heavy atom. The average Bonchev–Trinajstić information content (AvgIpc) is 3.49. The quantitative estimate of drug-likeness (QED) is 0.118. The number of rotatable bonds is 17. The van der Waals surface area contributed by atoms with Crippen LogP contribution in [0.25, 0.3) is 5.57 Å². The highest BCUT2D eigenvalue weighted by Crippen LogP contribution is 2.57. The molecule has 1 amide bonds. The van der Waals surface area contributed by atoms with Crippen molar-refractivity contribution in [2.75, 3.05) is 71.2 Å². The molecule has 4 saturated carbocycles. The molecule has 10 heteroatoms. The lowest BCUT2D eigenvalue weighted by atomic mass is 9.53. The minimum atomic E-state index is -0.803. The highest BCUT2D eigenvalue weighted by Gasteiger charge is 2.51. The van der Waals surface area contributed by atoms with Crippen LogP contribution in [0.15, 0.2) is 54.1 Å². The Morgan fingerprint density at radius 1 is 0.820 bits per heavy atom. The molecule has 270 valence electrons. The van der Waals surface area contributed by atoms with Crippen molar-refractivity contribution in [1.29, 1.82) is 0 Å². The zero-order valence-corrected chi connectivity index (χ0v) is 30.0. The van der Waals surface area contributed by atoms with Crippen molar-refractivity contribution >= 4 is 34.7 Å². The molecule has 1 aliphatic heterocycles. The molecule has 0 aromatic heterocycles. The van der Waals surface area contributed by atoms with E-state index in [9.17, 15) is 9.59 Å². The number of ether oxygens (including phenoxy) is 5. The molecule has 1 heterocycles. The Labute approximate surface area is 300 Å². The van der Waals surface area contributed by atoms with Gasteiger partial charge in [0.25, 0.3) is 0 Å². The van der Waals surface area contributed by atoms with Crippen LogP contribution in [0.3, 0.4) is 0 Å². The molecule has 2 atom stereocenters. The van der Waals surface area contributed by atoms with Gasteiger partial charge in [-0.1, -0.05) is 36.4 Å². The van der Waals surface area contributed by atoms with Gasteiger partial charge in [0.15, 0.2) is 0 Å². The van der Waals surface area contributed by atoms with E-state index in [4.69, 9.17) is 35.3 Å². The third-order valence-corrected chi connectivity index (χ3v) is 11.7. The molecule has 0 radical (unpaired) electrons. The molecule has 4 bridgehead atoms. The summed E-state index contributed by atoms with van der Waals surface area (Å²) in [4.78, 5) is 29.2. The highest BCUT2D eigenvalue weighted by atomic mass is 35.5. The van der Waals surface area contributed by atoms with Gasteiger partial charge in [-0.15, -0.1) is 11.6 Å². The monoisotopic (exact) mass is 706 g/mol. The number of halogens is 1. The number of nitrogens with zero attached hydrogens (tertiary/aromatic N) is 1. The number of benzene rings is 2. The van der Waals surface area contributed by atoms with Gasteiger partial charge in [-0.2, -0.15) is 0 Å². The molecule has 0 spiro atoms. The molecule has 8 rings (SSSR count). The van der Waals surface area contributed by atoms with E-state index < -0.39 is 18.1 Å². The van der Waals surface area contributed by atoms with E-state index in [1.165, 1.54) is 44.1 Å². The maximum atomic E-state index is 13.8. The summed E-state index contributed by atoms with van der Waals surface area (Å²) in [5.41, 5.74) is 6.95. The Kier molecular flexibility index (Phi) is 11.5. The molecule has 0 unspecified atom stereocenters. The Bertz CT molecular complexity index is 1490. The van der Waals surface area contributed by atoms with Crippen LogP contribution in [0.4, 0.5) is 5.69 Å². The fourth-order valence-corrected chi connectivity index (χ4v) is 9.98. The SMILES string of the molecule is COCCOCCOCCOCCOC(=O)[C@H]1CC2=C(Cc3ccccc32)[C@H](c2ccc(NC34CC5CC(CC(C5)C3)C4)cc2)N1C(=O)CCl. The molecule has 2 aromatic carbocycles. The van der Waals surface area contributed by atoms with E-state index in [1.807, 2.05) is 12.1 Å². The summed E-state index contributed by atoms with van der Waals surface area (Å²) in [5.74, 6) is 1.63. The first-order chi connectivity index (χ1) is 24.5. The maximum Gasteiger partial charge on any atom is 0.329 e. The van der Waals surface area contributed by atoms with Crippen molar-refractivity contribution < 1.29 is 33.3 Å². The number of methoxy groups -OCH3 is 1. The van der Waals surface area contributed by atoms with E-state index >= 15 is 0 Å². The summed E-state index contributed by atoms with van der Waals surface area (Å²) in [6.45, 7) is 3.15. The predicted molar refractivity (Wildman–Crippen MR) is 192 cm³/mol. The van der Waals surface area contributed by atoms with Crippen molar-refractivity contribution in [3.63, 3.8) is 0 Å². The Morgan fingerprint density at radius 2 is 1.42 bits per heavy atom. The molecule has 50 heavy (non-hydrogen) atoms. The van der Waals surface area contributed by atoms with Crippen molar-refractivity contribution in [2.45, 2.75) is 69.0 Å². The molecular formula is C40H51ClN2O7. The van der Waals surface area contributed by atoms with Gasteiger partial charge in [-0.3, -0.25) is 4.79 Å². The third kappa shape index (κ3) is 7.77. The zero-order chi connectivity index (χ0) is 34.5. The second kappa shape index (κ2) is 16.2. The summed E-state index contributed by atoms with van der Waals surface area (Å²) < 4.78 is 27.2. The number of hydrogen-bond donors (Lipinski definition) is 1. The lowest BCUT2D eigenvalue weighted by molar-refractivity contribution is -0.157. The van der Waals surface area contributed by atoms with E-state index in [-0.39, 0.29) is 30.5 Å². The number of anilines is 1. The second-order valence-electron chi connectivity index (χ2n) is 14.8. The van der Waals surface area contributed by atoms with Crippen molar-refractivity contribution in [3.05, 3.63) is 70.8 Å². The fourth-order valence-electron chi connectivity index (χ4n) is 9.84. The van der Waals surface area contributed by atoms with Crippen LogP contribution in [-0.2, 0) is 39.7 Å². The van der Waals surface area contributed by atoms with Gasteiger partial charge in [-0.05, 0) is 103 Å².